The zero-order chi connectivity index (χ0) is 11.6. The zero-order valence-corrected chi connectivity index (χ0v) is 9.32. The van der Waals surface area contributed by atoms with Crippen LogP contribution >= 0.6 is 0 Å². The predicted octanol–water partition coefficient (Wildman–Crippen LogP) is 2.80. The Balaban J connectivity index is 2.14. The minimum Gasteiger partial charge on any atom is -0.324 e. The fourth-order valence-electron chi connectivity index (χ4n) is 2.89. The number of rotatable bonds is 2. The second kappa shape index (κ2) is 2.83. The molecule has 2 N–H and O–H groups in total. The molecule has 0 amide bonds. The van der Waals surface area contributed by atoms with E-state index in [4.69, 9.17) is 5.73 Å². The van der Waals surface area contributed by atoms with E-state index in [-0.39, 0.29) is 11.1 Å². The van der Waals surface area contributed by atoms with Crippen LogP contribution in [0.3, 0.4) is 0 Å². The summed E-state index contributed by atoms with van der Waals surface area (Å²) in [6.07, 6.45) is 3.42. The molecule has 2 aliphatic rings. The molecule has 0 spiro atoms. The van der Waals surface area contributed by atoms with Gasteiger partial charge in [-0.15, -0.1) is 0 Å². The highest BCUT2D eigenvalue weighted by molar-refractivity contribution is 5.43. The zero-order valence-electron chi connectivity index (χ0n) is 9.32. The highest BCUT2D eigenvalue weighted by Gasteiger charge is 2.65. The molecule has 1 nitrogen and oxygen atoms in total. The van der Waals surface area contributed by atoms with Crippen LogP contribution in [0.5, 0.6) is 0 Å². The van der Waals surface area contributed by atoms with Crippen LogP contribution < -0.4 is 5.73 Å². The lowest BCUT2D eigenvalue weighted by Gasteiger charge is -2.24. The van der Waals surface area contributed by atoms with Crippen LogP contribution in [0.4, 0.5) is 8.78 Å². The topological polar surface area (TPSA) is 26.0 Å². The average Bonchev–Trinajstić information content (AvgIpc) is 3.01. The van der Waals surface area contributed by atoms with Crippen molar-refractivity contribution in [1.29, 1.82) is 0 Å². The van der Waals surface area contributed by atoms with Gasteiger partial charge in [-0.05, 0) is 50.3 Å². The molecule has 0 saturated heterocycles. The third-order valence-electron chi connectivity index (χ3n) is 4.16. The molecule has 0 bridgehead atoms. The average molecular weight is 223 g/mol. The largest absolute Gasteiger partial charge is 0.324 e. The number of halogens is 2. The summed E-state index contributed by atoms with van der Waals surface area (Å²) in [5.41, 5.74) is 6.27. The number of nitrogens with two attached hydrogens (primary N) is 1. The fourth-order valence-corrected chi connectivity index (χ4v) is 2.89. The molecule has 0 heterocycles. The molecule has 86 valence electrons. The van der Waals surface area contributed by atoms with Crippen molar-refractivity contribution in [2.24, 2.45) is 5.73 Å². The van der Waals surface area contributed by atoms with Crippen molar-refractivity contribution in [3.8, 4) is 0 Å². The van der Waals surface area contributed by atoms with Crippen LogP contribution in [0.15, 0.2) is 12.1 Å². The van der Waals surface area contributed by atoms with Gasteiger partial charge in [-0.25, -0.2) is 8.78 Å². The van der Waals surface area contributed by atoms with E-state index >= 15 is 0 Å². The lowest BCUT2D eigenvalue weighted by atomic mass is 9.85. The summed E-state index contributed by atoms with van der Waals surface area (Å²) in [6, 6.07) is 2.81. The van der Waals surface area contributed by atoms with Gasteiger partial charge in [-0.2, -0.15) is 0 Å². The van der Waals surface area contributed by atoms with Crippen molar-refractivity contribution in [3.63, 3.8) is 0 Å². The molecule has 2 aliphatic carbocycles. The van der Waals surface area contributed by atoms with Crippen LogP contribution in [-0.2, 0) is 5.41 Å². The molecule has 0 atom stereocenters. The number of hydrogen-bond acceptors (Lipinski definition) is 1. The Morgan fingerprint density at radius 3 is 1.94 bits per heavy atom. The molecule has 1 aromatic carbocycles. The SMILES string of the molecule is Cc1cc(F)c(C2(C3(N)CC3)CC2)c(F)c1. The van der Waals surface area contributed by atoms with Gasteiger partial charge in [-0.1, -0.05) is 0 Å². The van der Waals surface area contributed by atoms with Gasteiger partial charge in [0.1, 0.15) is 11.6 Å². The standard InChI is InChI=1S/C13H15F2N/c1-8-6-9(14)11(10(15)7-8)12(2-3-12)13(16)4-5-13/h6-7H,2-5,16H2,1H3. The number of benzene rings is 1. The lowest BCUT2D eigenvalue weighted by molar-refractivity contribution is 0.443. The summed E-state index contributed by atoms with van der Waals surface area (Å²) in [6.45, 7) is 1.70. The second-order valence-corrected chi connectivity index (χ2v) is 5.34. The molecular weight excluding hydrogens is 208 g/mol. The van der Waals surface area contributed by atoms with Gasteiger partial charge in [-0.3, -0.25) is 0 Å². The van der Waals surface area contributed by atoms with E-state index in [2.05, 4.69) is 0 Å². The quantitative estimate of drug-likeness (QED) is 0.819. The summed E-state index contributed by atoms with van der Waals surface area (Å²) in [7, 11) is 0. The van der Waals surface area contributed by atoms with Gasteiger partial charge in [0.05, 0.1) is 0 Å². The van der Waals surface area contributed by atoms with Gasteiger partial charge < -0.3 is 5.73 Å². The van der Waals surface area contributed by atoms with Crippen molar-refractivity contribution in [1.82, 2.24) is 0 Å². The van der Waals surface area contributed by atoms with Gasteiger partial charge in [0, 0.05) is 16.5 Å². The van der Waals surface area contributed by atoms with E-state index in [0.717, 1.165) is 25.7 Å². The molecule has 3 rings (SSSR count). The van der Waals surface area contributed by atoms with Crippen molar-refractivity contribution >= 4 is 0 Å². The van der Waals surface area contributed by atoms with Crippen LogP contribution in [0.2, 0.25) is 0 Å². The first kappa shape index (κ1) is 10.2. The Morgan fingerprint density at radius 2 is 1.56 bits per heavy atom. The van der Waals surface area contributed by atoms with Crippen LogP contribution in [0.1, 0.15) is 36.8 Å². The monoisotopic (exact) mass is 223 g/mol. The number of hydrogen-bond donors (Lipinski definition) is 1. The molecule has 0 aromatic heterocycles. The summed E-state index contributed by atoms with van der Waals surface area (Å²) in [5.74, 6) is -0.849. The fraction of sp³-hybridized carbons (Fsp3) is 0.538. The van der Waals surface area contributed by atoms with Crippen LogP contribution in [0.25, 0.3) is 0 Å². The van der Waals surface area contributed by atoms with Gasteiger partial charge >= 0.3 is 0 Å². The molecule has 0 aliphatic heterocycles. The predicted molar refractivity (Wildman–Crippen MR) is 58.2 cm³/mol. The molecule has 2 saturated carbocycles. The van der Waals surface area contributed by atoms with Crippen molar-refractivity contribution in [2.75, 3.05) is 0 Å². The Hall–Kier alpha value is -0.960. The van der Waals surface area contributed by atoms with Gasteiger partial charge in [0.2, 0.25) is 0 Å². The van der Waals surface area contributed by atoms with Crippen LogP contribution in [-0.4, -0.2) is 5.54 Å². The summed E-state index contributed by atoms with van der Waals surface area (Å²) in [5, 5.41) is 0. The number of aryl methyl sites for hydroxylation is 1. The van der Waals surface area contributed by atoms with Gasteiger partial charge in [0.25, 0.3) is 0 Å². The highest BCUT2D eigenvalue weighted by atomic mass is 19.1. The Kier molecular flexibility index (Phi) is 1.81. The van der Waals surface area contributed by atoms with E-state index in [1.807, 2.05) is 0 Å². The molecule has 0 radical (unpaired) electrons. The Morgan fingerprint density at radius 1 is 1.06 bits per heavy atom. The molecule has 0 unspecified atom stereocenters. The summed E-state index contributed by atoms with van der Waals surface area (Å²) in [4.78, 5) is 0. The minimum absolute atomic E-state index is 0.234. The first-order valence-electron chi connectivity index (χ1n) is 5.74. The van der Waals surface area contributed by atoms with Gasteiger partial charge in [0.15, 0.2) is 0 Å². The van der Waals surface area contributed by atoms with E-state index in [1.165, 1.54) is 12.1 Å². The second-order valence-electron chi connectivity index (χ2n) is 5.34. The highest BCUT2D eigenvalue weighted by Crippen LogP contribution is 2.64. The third-order valence-corrected chi connectivity index (χ3v) is 4.16. The van der Waals surface area contributed by atoms with E-state index in [0.29, 0.717) is 5.56 Å². The molecular formula is C13H15F2N. The summed E-state index contributed by atoms with van der Waals surface area (Å²) < 4.78 is 27.8. The maximum atomic E-state index is 13.9. The van der Waals surface area contributed by atoms with E-state index < -0.39 is 17.0 Å². The minimum atomic E-state index is -0.424. The van der Waals surface area contributed by atoms with Crippen molar-refractivity contribution in [3.05, 3.63) is 34.9 Å². The van der Waals surface area contributed by atoms with E-state index in [1.54, 1.807) is 6.92 Å². The molecule has 1 aromatic rings. The van der Waals surface area contributed by atoms with E-state index in [9.17, 15) is 8.78 Å². The van der Waals surface area contributed by atoms with Crippen LogP contribution in [0, 0.1) is 18.6 Å². The normalized spacial score (nSPS) is 24.2. The Labute approximate surface area is 93.6 Å². The maximum absolute atomic E-state index is 13.9. The van der Waals surface area contributed by atoms with Crippen molar-refractivity contribution in [2.45, 2.75) is 43.6 Å². The third kappa shape index (κ3) is 1.18. The Bertz CT molecular complexity index is 436. The van der Waals surface area contributed by atoms with Crippen molar-refractivity contribution < 1.29 is 8.78 Å². The smallest absolute Gasteiger partial charge is 0.130 e. The molecule has 3 heteroatoms. The molecule has 2 fully saturated rings. The summed E-state index contributed by atoms with van der Waals surface area (Å²) >= 11 is 0. The molecule has 16 heavy (non-hydrogen) atoms. The maximum Gasteiger partial charge on any atom is 0.130 e. The lowest BCUT2D eigenvalue weighted by Crippen LogP contribution is -2.38. The first-order chi connectivity index (χ1) is 7.48. The first-order valence-corrected chi connectivity index (χ1v) is 5.74.